The lowest BCUT2D eigenvalue weighted by Gasteiger charge is -2.09. The zero-order valence-corrected chi connectivity index (χ0v) is 14.5. The van der Waals surface area contributed by atoms with Crippen LogP contribution in [0.25, 0.3) is 17.1 Å². The molecular formula is C19H18N4O3. The number of esters is 1. The second-order valence-electron chi connectivity index (χ2n) is 5.74. The molecule has 3 aromatic rings. The number of rotatable bonds is 5. The van der Waals surface area contributed by atoms with Crippen molar-refractivity contribution >= 4 is 11.9 Å². The number of aromatic nitrogens is 3. The van der Waals surface area contributed by atoms with Crippen molar-refractivity contribution in [2.24, 2.45) is 0 Å². The summed E-state index contributed by atoms with van der Waals surface area (Å²) < 4.78 is 6.61. The monoisotopic (exact) mass is 350 g/mol. The van der Waals surface area contributed by atoms with Gasteiger partial charge in [-0.2, -0.15) is 0 Å². The van der Waals surface area contributed by atoms with Gasteiger partial charge in [-0.25, -0.2) is 14.5 Å². The van der Waals surface area contributed by atoms with E-state index in [2.05, 4.69) is 10.1 Å². The number of hydrogen-bond donors (Lipinski definition) is 0. The van der Waals surface area contributed by atoms with E-state index in [4.69, 9.17) is 4.74 Å². The number of hydrogen-bond acceptors (Lipinski definition) is 5. The van der Waals surface area contributed by atoms with Crippen molar-refractivity contribution in [1.29, 1.82) is 0 Å². The Morgan fingerprint density at radius 3 is 2.23 bits per heavy atom. The number of ether oxygens (including phenoxy) is 1. The maximum Gasteiger partial charge on any atom is 0.378 e. The molecule has 1 aromatic heterocycles. The molecular weight excluding hydrogens is 332 g/mol. The summed E-state index contributed by atoms with van der Waals surface area (Å²) in [5.74, 6) is -0.641. The lowest BCUT2D eigenvalue weighted by molar-refractivity contribution is -0.131. The summed E-state index contributed by atoms with van der Waals surface area (Å²) in [6.07, 6.45) is 0. The van der Waals surface area contributed by atoms with E-state index < -0.39 is 5.97 Å². The van der Waals surface area contributed by atoms with E-state index in [1.165, 1.54) is 4.90 Å². The van der Waals surface area contributed by atoms with Crippen molar-refractivity contribution in [2.75, 3.05) is 20.7 Å². The van der Waals surface area contributed by atoms with Crippen LogP contribution in [0.5, 0.6) is 0 Å². The van der Waals surface area contributed by atoms with E-state index in [0.717, 1.165) is 11.3 Å². The molecule has 7 heteroatoms. The summed E-state index contributed by atoms with van der Waals surface area (Å²) in [6.45, 7) is -0.355. The Hall–Kier alpha value is -3.48. The van der Waals surface area contributed by atoms with Crippen molar-refractivity contribution < 1.29 is 14.3 Å². The van der Waals surface area contributed by atoms with E-state index in [1.807, 2.05) is 60.7 Å². The number of amides is 1. The predicted molar refractivity (Wildman–Crippen MR) is 95.8 cm³/mol. The summed E-state index contributed by atoms with van der Waals surface area (Å²) in [7, 11) is 3.18. The molecule has 3 rings (SSSR count). The van der Waals surface area contributed by atoms with Crippen LogP contribution < -0.4 is 0 Å². The lowest BCUT2D eigenvalue weighted by atomic mass is 10.2. The standard InChI is InChI=1S/C19H18N4O3/c1-22(2)16(24)13-26-19(25)17-20-18(14-9-5-3-6-10-14)23(21-17)15-11-7-4-8-12-15/h3-12H,13H2,1-2H3. The van der Waals surface area contributed by atoms with E-state index in [9.17, 15) is 9.59 Å². The fraction of sp³-hybridized carbons (Fsp3) is 0.158. The molecule has 0 atom stereocenters. The number of nitrogens with zero attached hydrogens (tertiary/aromatic N) is 4. The molecule has 1 heterocycles. The van der Waals surface area contributed by atoms with Gasteiger partial charge in [-0.1, -0.05) is 48.5 Å². The molecule has 2 aromatic carbocycles. The third kappa shape index (κ3) is 3.77. The molecule has 0 radical (unpaired) electrons. The minimum absolute atomic E-state index is 0.0979. The third-order valence-electron chi connectivity index (χ3n) is 3.65. The maximum atomic E-state index is 12.3. The van der Waals surface area contributed by atoms with Gasteiger partial charge in [0, 0.05) is 19.7 Å². The molecule has 26 heavy (non-hydrogen) atoms. The van der Waals surface area contributed by atoms with E-state index in [0.29, 0.717) is 5.82 Å². The molecule has 0 unspecified atom stereocenters. The van der Waals surface area contributed by atoms with Crippen molar-refractivity contribution in [1.82, 2.24) is 19.7 Å². The first kappa shape index (κ1) is 17.3. The highest BCUT2D eigenvalue weighted by molar-refractivity contribution is 5.88. The zero-order valence-electron chi connectivity index (χ0n) is 14.5. The van der Waals surface area contributed by atoms with Gasteiger partial charge in [0.25, 0.3) is 11.7 Å². The van der Waals surface area contributed by atoms with Gasteiger partial charge in [-0.15, -0.1) is 5.10 Å². The molecule has 0 saturated heterocycles. The Balaban J connectivity index is 1.94. The highest BCUT2D eigenvalue weighted by Crippen LogP contribution is 2.21. The Kier molecular flexibility index (Phi) is 5.07. The van der Waals surface area contributed by atoms with Crippen LogP contribution in [0, 0.1) is 0 Å². The molecule has 0 aliphatic carbocycles. The maximum absolute atomic E-state index is 12.3. The van der Waals surface area contributed by atoms with Crippen LogP contribution in [0.3, 0.4) is 0 Å². The Bertz CT molecular complexity index is 848. The molecule has 0 saturated carbocycles. The molecule has 0 aliphatic heterocycles. The smallest absolute Gasteiger partial charge is 0.378 e. The Morgan fingerprint density at radius 2 is 1.62 bits per heavy atom. The number of para-hydroxylation sites is 1. The van der Waals surface area contributed by atoms with Gasteiger partial charge in [0.05, 0.1) is 5.69 Å². The highest BCUT2D eigenvalue weighted by Gasteiger charge is 2.20. The number of likely N-dealkylation sites (N-methyl/N-ethyl adjacent to an activating group) is 1. The second kappa shape index (κ2) is 7.60. The van der Waals surface area contributed by atoms with Crippen molar-refractivity contribution in [3.8, 4) is 17.1 Å². The van der Waals surface area contributed by atoms with Crippen LogP contribution in [0.1, 0.15) is 10.6 Å². The summed E-state index contributed by atoms with van der Waals surface area (Å²) in [5.41, 5.74) is 1.58. The van der Waals surface area contributed by atoms with Gasteiger partial charge >= 0.3 is 5.97 Å². The van der Waals surface area contributed by atoms with Crippen LogP contribution in [0.4, 0.5) is 0 Å². The lowest BCUT2D eigenvalue weighted by Crippen LogP contribution is -2.27. The van der Waals surface area contributed by atoms with Crippen molar-refractivity contribution in [3.05, 3.63) is 66.5 Å². The molecule has 132 valence electrons. The molecule has 0 bridgehead atoms. The van der Waals surface area contributed by atoms with Crippen LogP contribution in [-0.2, 0) is 9.53 Å². The number of carbonyl (C=O) groups excluding carboxylic acids is 2. The normalized spacial score (nSPS) is 10.4. The van der Waals surface area contributed by atoms with E-state index in [1.54, 1.807) is 18.8 Å². The molecule has 0 spiro atoms. The number of carbonyl (C=O) groups is 2. The van der Waals surface area contributed by atoms with Crippen molar-refractivity contribution in [3.63, 3.8) is 0 Å². The van der Waals surface area contributed by atoms with Crippen LogP contribution >= 0.6 is 0 Å². The average molecular weight is 350 g/mol. The minimum Gasteiger partial charge on any atom is -0.450 e. The van der Waals surface area contributed by atoms with Crippen LogP contribution in [0.15, 0.2) is 60.7 Å². The zero-order chi connectivity index (χ0) is 18.5. The van der Waals surface area contributed by atoms with Gasteiger partial charge in [-0.05, 0) is 12.1 Å². The van der Waals surface area contributed by atoms with Crippen molar-refractivity contribution in [2.45, 2.75) is 0 Å². The van der Waals surface area contributed by atoms with Gasteiger partial charge in [0.1, 0.15) is 0 Å². The fourth-order valence-electron chi connectivity index (χ4n) is 2.24. The first-order valence-corrected chi connectivity index (χ1v) is 8.01. The summed E-state index contributed by atoms with van der Waals surface area (Å²) in [6, 6.07) is 18.8. The quantitative estimate of drug-likeness (QED) is 0.659. The molecule has 0 aliphatic rings. The highest BCUT2D eigenvalue weighted by atomic mass is 16.5. The summed E-state index contributed by atoms with van der Waals surface area (Å²) >= 11 is 0. The summed E-state index contributed by atoms with van der Waals surface area (Å²) in [5, 5.41) is 4.29. The first-order valence-electron chi connectivity index (χ1n) is 8.01. The first-order chi connectivity index (χ1) is 12.6. The topological polar surface area (TPSA) is 77.3 Å². The second-order valence-corrected chi connectivity index (χ2v) is 5.74. The Labute approximate surface area is 150 Å². The molecule has 0 N–H and O–H groups in total. The fourth-order valence-corrected chi connectivity index (χ4v) is 2.24. The molecule has 7 nitrogen and oxygen atoms in total. The molecule has 0 fully saturated rings. The minimum atomic E-state index is -0.743. The van der Waals surface area contributed by atoms with Crippen LogP contribution in [0.2, 0.25) is 0 Å². The third-order valence-corrected chi connectivity index (χ3v) is 3.65. The van der Waals surface area contributed by atoms with Crippen LogP contribution in [-0.4, -0.2) is 52.2 Å². The van der Waals surface area contributed by atoms with Gasteiger partial charge in [0.15, 0.2) is 12.4 Å². The summed E-state index contributed by atoms with van der Waals surface area (Å²) in [4.78, 5) is 29.5. The molecule has 1 amide bonds. The largest absolute Gasteiger partial charge is 0.450 e. The number of benzene rings is 2. The Morgan fingerprint density at radius 1 is 1.00 bits per heavy atom. The van der Waals surface area contributed by atoms with E-state index >= 15 is 0 Å². The van der Waals surface area contributed by atoms with Gasteiger partial charge < -0.3 is 9.64 Å². The van der Waals surface area contributed by atoms with E-state index in [-0.39, 0.29) is 18.3 Å². The predicted octanol–water partition coefficient (Wildman–Crippen LogP) is 2.18. The van der Waals surface area contributed by atoms with Gasteiger partial charge in [-0.3, -0.25) is 4.79 Å². The average Bonchev–Trinajstić information content (AvgIpc) is 3.12. The SMILES string of the molecule is CN(C)C(=O)COC(=O)c1nc(-c2ccccc2)n(-c2ccccc2)n1. The van der Waals surface area contributed by atoms with Gasteiger partial charge in [0.2, 0.25) is 0 Å².